The third-order valence-electron chi connectivity index (χ3n) is 3.95. The van der Waals surface area contributed by atoms with Crippen LogP contribution < -0.4 is 5.32 Å². The Kier molecular flexibility index (Phi) is 5.34. The van der Waals surface area contributed by atoms with Gasteiger partial charge in [0.15, 0.2) is 0 Å². The number of aromatic hydroxyl groups is 1. The first-order valence-corrected chi connectivity index (χ1v) is 7.39. The fourth-order valence-corrected chi connectivity index (χ4v) is 2.49. The van der Waals surface area contributed by atoms with E-state index in [0.717, 1.165) is 31.2 Å². The topological polar surface area (TPSA) is 68.6 Å². The molecule has 1 aromatic heterocycles. The van der Waals surface area contributed by atoms with E-state index >= 15 is 0 Å². The highest BCUT2D eigenvalue weighted by molar-refractivity contribution is 5.40. The minimum absolute atomic E-state index is 0.0962. The van der Waals surface area contributed by atoms with Crippen LogP contribution in [-0.4, -0.2) is 45.8 Å². The molecular formula is C15H25N3O2. The molecule has 0 saturated heterocycles. The van der Waals surface area contributed by atoms with Gasteiger partial charge in [0.25, 0.3) is 0 Å². The fourth-order valence-electron chi connectivity index (χ4n) is 2.49. The Bertz CT molecular complexity index is 447. The molecular weight excluding hydrogens is 254 g/mol. The third-order valence-corrected chi connectivity index (χ3v) is 3.95. The van der Waals surface area contributed by atoms with E-state index in [-0.39, 0.29) is 12.4 Å². The van der Waals surface area contributed by atoms with Gasteiger partial charge < -0.3 is 15.5 Å². The summed E-state index contributed by atoms with van der Waals surface area (Å²) in [5, 5.41) is 22.7. The van der Waals surface area contributed by atoms with E-state index in [1.807, 2.05) is 0 Å². The van der Waals surface area contributed by atoms with Crippen LogP contribution in [0.3, 0.4) is 0 Å². The molecule has 0 radical (unpaired) electrons. The number of aliphatic hydroxyl groups is 1. The Morgan fingerprint density at radius 2 is 2.20 bits per heavy atom. The number of aliphatic hydroxyl groups excluding tert-OH is 1. The van der Waals surface area contributed by atoms with Crippen LogP contribution >= 0.6 is 0 Å². The largest absolute Gasteiger partial charge is 0.506 e. The zero-order valence-corrected chi connectivity index (χ0v) is 12.4. The molecule has 1 aromatic rings. The molecule has 1 heterocycles. The molecule has 0 unspecified atom stereocenters. The van der Waals surface area contributed by atoms with Crippen molar-refractivity contribution in [2.75, 3.05) is 19.6 Å². The number of nitrogens with zero attached hydrogens (tertiary/aromatic N) is 2. The number of aryl methyl sites for hydroxylation is 1. The molecule has 1 aliphatic carbocycles. The van der Waals surface area contributed by atoms with Crippen molar-refractivity contribution < 1.29 is 10.2 Å². The van der Waals surface area contributed by atoms with Crippen LogP contribution in [0.4, 0.5) is 0 Å². The lowest BCUT2D eigenvalue weighted by Gasteiger charge is -2.20. The monoisotopic (exact) mass is 279 g/mol. The van der Waals surface area contributed by atoms with Crippen molar-refractivity contribution in [2.24, 2.45) is 0 Å². The van der Waals surface area contributed by atoms with Gasteiger partial charge in [-0.2, -0.15) is 0 Å². The summed E-state index contributed by atoms with van der Waals surface area (Å²) in [6.45, 7) is 7.44. The van der Waals surface area contributed by atoms with E-state index in [9.17, 15) is 10.2 Å². The van der Waals surface area contributed by atoms with Gasteiger partial charge in [-0.05, 0) is 26.3 Å². The van der Waals surface area contributed by atoms with Gasteiger partial charge in [0.2, 0.25) is 0 Å². The number of aromatic nitrogens is 1. The van der Waals surface area contributed by atoms with Gasteiger partial charge in [0.1, 0.15) is 5.75 Å². The molecule has 0 aliphatic heterocycles. The molecule has 5 nitrogen and oxygen atoms in total. The molecule has 0 spiro atoms. The van der Waals surface area contributed by atoms with Crippen LogP contribution in [-0.2, 0) is 13.2 Å². The molecule has 1 aliphatic rings. The second-order valence-corrected chi connectivity index (χ2v) is 5.39. The smallest absolute Gasteiger partial charge is 0.141 e. The Hall–Kier alpha value is -1.17. The van der Waals surface area contributed by atoms with E-state index in [0.29, 0.717) is 17.8 Å². The first-order valence-electron chi connectivity index (χ1n) is 7.39. The second kappa shape index (κ2) is 7.02. The summed E-state index contributed by atoms with van der Waals surface area (Å²) in [7, 11) is 0. The Morgan fingerprint density at radius 3 is 2.80 bits per heavy atom. The summed E-state index contributed by atoms with van der Waals surface area (Å²) < 4.78 is 0. The van der Waals surface area contributed by atoms with E-state index < -0.39 is 0 Å². The average Bonchev–Trinajstić information content (AvgIpc) is 3.28. The maximum atomic E-state index is 10.0. The van der Waals surface area contributed by atoms with Crippen LogP contribution in [0.2, 0.25) is 0 Å². The number of likely N-dealkylation sites (N-methyl/N-ethyl adjacent to an activating group) is 1. The van der Waals surface area contributed by atoms with Crippen LogP contribution in [0.5, 0.6) is 5.75 Å². The molecule has 3 N–H and O–H groups in total. The van der Waals surface area contributed by atoms with Crippen LogP contribution in [0.15, 0.2) is 6.20 Å². The molecule has 0 aromatic carbocycles. The highest BCUT2D eigenvalue weighted by Crippen LogP contribution is 2.26. The normalized spacial score (nSPS) is 15.0. The lowest BCUT2D eigenvalue weighted by atomic mass is 10.1. The van der Waals surface area contributed by atoms with Crippen molar-refractivity contribution in [2.45, 2.75) is 45.9 Å². The minimum Gasteiger partial charge on any atom is -0.506 e. The maximum Gasteiger partial charge on any atom is 0.141 e. The first-order chi connectivity index (χ1) is 9.67. The average molecular weight is 279 g/mol. The van der Waals surface area contributed by atoms with Crippen LogP contribution in [0.1, 0.15) is 36.6 Å². The van der Waals surface area contributed by atoms with Gasteiger partial charge in [-0.1, -0.05) is 6.92 Å². The summed E-state index contributed by atoms with van der Waals surface area (Å²) in [5.74, 6) is 0.193. The summed E-state index contributed by atoms with van der Waals surface area (Å²) in [4.78, 5) is 6.55. The Morgan fingerprint density at radius 1 is 1.45 bits per heavy atom. The van der Waals surface area contributed by atoms with Gasteiger partial charge in [0.05, 0.1) is 12.3 Å². The van der Waals surface area contributed by atoms with Gasteiger partial charge >= 0.3 is 0 Å². The number of pyridine rings is 1. The lowest BCUT2D eigenvalue weighted by molar-refractivity contribution is 0.273. The quantitative estimate of drug-likeness (QED) is 0.623. The molecule has 2 rings (SSSR count). The van der Waals surface area contributed by atoms with Crippen molar-refractivity contribution in [1.82, 2.24) is 15.2 Å². The van der Waals surface area contributed by atoms with Crippen molar-refractivity contribution in [3.05, 3.63) is 23.0 Å². The molecule has 0 bridgehead atoms. The van der Waals surface area contributed by atoms with Crippen LogP contribution in [0.25, 0.3) is 0 Å². The fraction of sp³-hybridized carbons (Fsp3) is 0.667. The van der Waals surface area contributed by atoms with Crippen molar-refractivity contribution in [3.63, 3.8) is 0 Å². The molecule has 20 heavy (non-hydrogen) atoms. The summed E-state index contributed by atoms with van der Waals surface area (Å²) in [6, 6.07) is 0.784. The lowest BCUT2D eigenvalue weighted by Crippen LogP contribution is -2.33. The Labute approximate surface area is 120 Å². The molecule has 0 amide bonds. The molecule has 5 heteroatoms. The van der Waals surface area contributed by atoms with Crippen molar-refractivity contribution >= 4 is 0 Å². The molecule has 1 saturated carbocycles. The zero-order valence-electron chi connectivity index (χ0n) is 12.4. The van der Waals surface area contributed by atoms with Gasteiger partial charge in [-0.15, -0.1) is 0 Å². The van der Waals surface area contributed by atoms with Crippen LogP contribution in [0, 0.1) is 6.92 Å². The zero-order chi connectivity index (χ0) is 14.5. The number of rotatable bonds is 8. The van der Waals surface area contributed by atoms with Gasteiger partial charge in [-0.25, -0.2) is 0 Å². The molecule has 0 atom stereocenters. The Balaban J connectivity index is 1.85. The van der Waals surface area contributed by atoms with Crippen molar-refractivity contribution in [3.8, 4) is 5.75 Å². The molecule has 1 fully saturated rings. The maximum absolute atomic E-state index is 10.0. The SMILES string of the molecule is CCN(CCNCc1c(CO)cnc(C)c1O)C1CC1. The number of nitrogens with one attached hydrogen (secondary N) is 1. The van der Waals surface area contributed by atoms with E-state index in [4.69, 9.17) is 0 Å². The highest BCUT2D eigenvalue weighted by atomic mass is 16.3. The predicted octanol–water partition coefficient (Wildman–Crippen LogP) is 1.16. The highest BCUT2D eigenvalue weighted by Gasteiger charge is 2.27. The standard InChI is InChI=1S/C15H25N3O2/c1-3-18(13-4-5-13)7-6-16-9-14-12(10-19)8-17-11(2)15(14)20/h8,13,16,19-20H,3-7,9-10H2,1-2H3. The van der Waals surface area contributed by atoms with E-state index in [2.05, 4.69) is 22.1 Å². The molecule has 112 valence electrons. The van der Waals surface area contributed by atoms with E-state index in [1.54, 1.807) is 13.1 Å². The summed E-state index contributed by atoms with van der Waals surface area (Å²) >= 11 is 0. The second-order valence-electron chi connectivity index (χ2n) is 5.39. The summed E-state index contributed by atoms with van der Waals surface area (Å²) in [6.07, 6.45) is 4.29. The predicted molar refractivity (Wildman–Crippen MR) is 78.5 cm³/mol. The van der Waals surface area contributed by atoms with Crippen molar-refractivity contribution in [1.29, 1.82) is 0 Å². The minimum atomic E-state index is -0.0962. The van der Waals surface area contributed by atoms with E-state index in [1.165, 1.54) is 12.8 Å². The first kappa shape index (κ1) is 15.2. The number of hydrogen-bond donors (Lipinski definition) is 3. The summed E-state index contributed by atoms with van der Waals surface area (Å²) in [5.41, 5.74) is 2.05. The third kappa shape index (κ3) is 3.69. The van der Waals surface area contributed by atoms with Gasteiger partial charge in [-0.3, -0.25) is 9.88 Å². The van der Waals surface area contributed by atoms with Gasteiger partial charge in [0, 0.05) is 43.0 Å². The number of hydrogen-bond acceptors (Lipinski definition) is 5.